The monoisotopic (exact) mass is 495 g/mol. The summed E-state index contributed by atoms with van der Waals surface area (Å²) in [5.74, 6) is 0.139. The van der Waals surface area contributed by atoms with Crippen LogP contribution in [-0.2, 0) is 17.1 Å². The molecular weight excluding hydrogens is 466 g/mol. The van der Waals surface area contributed by atoms with Gasteiger partial charge in [0.25, 0.3) is 5.91 Å². The van der Waals surface area contributed by atoms with Crippen molar-refractivity contribution in [2.45, 2.75) is 39.5 Å². The van der Waals surface area contributed by atoms with Gasteiger partial charge in [-0.05, 0) is 62.2 Å². The zero-order chi connectivity index (χ0) is 25.5. The number of nitrogens with one attached hydrogen (secondary N) is 1. The van der Waals surface area contributed by atoms with Crippen molar-refractivity contribution in [3.05, 3.63) is 59.0 Å². The van der Waals surface area contributed by atoms with Crippen LogP contribution in [0.3, 0.4) is 0 Å². The number of carbonyl (C=O) groups excluding carboxylic acids is 1. The molecule has 1 amide bonds. The van der Waals surface area contributed by atoms with Crippen molar-refractivity contribution in [3.8, 4) is 11.5 Å². The molecule has 184 valence electrons. The number of amides is 1. The van der Waals surface area contributed by atoms with E-state index >= 15 is 0 Å². The van der Waals surface area contributed by atoms with Crippen molar-refractivity contribution < 1.29 is 17.6 Å². The fourth-order valence-corrected chi connectivity index (χ4v) is 5.75. The first-order valence-corrected chi connectivity index (χ1v) is 12.8. The van der Waals surface area contributed by atoms with Gasteiger partial charge in [-0.2, -0.15) is 9.40 Å². The molecule has 0 unspecified atom stereocenters. The number of hydrogen-bond donors (Lipinski definition) is 1. The standard InChI is InChI=1S/C25H29N5O4S/c1-7-30(8-2)35(32,33)18-12-15(3)16(4)20(13-18)27-25(31)19-14-21(22-10-9-11-34-22)26-24-23(19)17(5)28-29(24)6/h9-14H,7-8H2,1-6H3,(H,27,31). The van der Waals surface area contributed by atoms with Crippen molar-refractivity contribution in [2.75, 3.05) is 18.4 Å². The zero-order valence-corrected chi connectivity index (χ0v) is 21.5. The second-order valence-corrected chi connectivity index (χ2v) is 10.3. The Bertz CT molecular complexity index is 1520. The first-order valence-electron chi connectivity index (χ1n) is 11.4. The maximum absolute atomic E-state index is 13.6. The highest BCUT2D eigenvalue weighted by Crippen LogP contribution is 2.30. The average molecular weight is 496 g/mol. The number of furan rings is 1. The fourth-order valence-electron chi connectivity index (χ4n) is 4.18. The van der Waals surface area contributed by atoms with Gasteiger partial charge in [0.15, 0.2) is 11.4 Å². The number of sulfonamides is 1. The predicted molar refractivity (Wildman–Crippen MR) is 135 cm³/mol. The number of aromatic nitrogens is 3. The Hall–Kier alpha value is -3.50. The number of pyridine rings is 1. The number of anilines is 1. The van der Waals surface area contributed by atoms with E-state index in [2.05, 4.69) is 15.4 Å². The van der Waals surface area contributed by atoms with Gasteiger partial charge in [-0.3, -0.25) is 9.48 Å². The van der Waals surface area contributed by atoms with Gasteiger partial charge in [0.1, 0.15) is 5.69 Å². The van der Waals surface area contributed by atoms with Crippen LogP contribution in [-0.4, -0.2) is 46.5 Å². The van der Waals surface area contributed by atoms with E-state index in [1.165, 1.54) is 10.4 Å². The lowest BCUT2D eigenvalue weighted by atomic mass is 10.1. The molecule has 3 aromatic heterocycles. The molecule has 35 heavy (non-hydrogen) atoms. The van der Waals surface area contributed by atoms with Gasteiger partial charge < -0.3 is 9.73 Å². The predicted octanol–water partition coefficient (Wildman–Crippen LogP) is 4.44. The molecule has 9 nitrogen and oxygen atoms in total. The minimum absolute atomic E-state index is 0.147. The third kappa shape index (κ3) is 4.35. The Morgan fingerprint density at radius 3 is 2.49 bits per heavy atom. The van der Waals surface area contributed by atoms with Gasteiger partial charge in [0.05, 0.1) is 27.8 Å². The molecule has 0 atom stereocenters. The van der Waals surface area contributed by atoms with Crippen LogP contribution in [0.1, 0.15) is 41.0 Å². The Labute approximate surface area is 204 Å². The van der Waals surface area contributed by atoms with Gasteiger partial charge in [-0.15, -0.1) is 0 Å². The van der Waals surface area contributed by atoms with Crippen LogP contribution in [0.15, 0.2) is 45.9 Å². The molecule has 0 saturated heterocycles. The smallest absolute Gasteiger partial charge is 0.256 e. The highest BCUT2D eigenvalue weighted by atomic mass is 32.2. The molecule has 0 fully saturated rings. The maximum atomic E-state index is 13.6. The minimum atomic E-state index is -3.69. The largest absolute Gasteiger partial charge is 0.463 e. The van der Waals surface area contributed by atoms with E-state index in [0.717, 1.165) is 11.1 Å². The molecule has 0 aliphatic carbocycles. The summed E-state index contributed by atoms with van der Waals surface area (Å²) in [6.45, 7) is 9.82. The van der Waals surface area contributed by atoms with Gasteiger partial charge in [0, 0.05) is 25.8 Å². The number of carbonyl (C=O) groups is 1. The van der Waals surface area contributed by atoms with Gasteiger partial charge in [-0.1, -0.05) is 13.8 Å². The molecule has 0 aliphatic rings. The van der Waals surface area contributed by atoms with Gasteiger partial charge in [0.2, 0.25) is 10.0 Å². The van der Waals surface area contributed by atoms with Crippen molar-refractivity contribution in [1.29, 1.82) is 0 Å². The van der Waals surface area contributed by atoms with Crippen molar-refractivity contribution in [1.82, 2.24) is 19.1 Å². The van der Waals surface area contributed by atoms with Crippen LogP contribution in [0, 0.1) is 20.8 Å². The van der Waals surface area contributed by atoms with Gasteiger partial charge >= 0.3 is 0 Å². The third-order valence-electron chi connectivity index (χ3n) is 6.22. The maximum Gasteiger partial charge on any atom is 0.256 e. The first kappa shape index (κ1) is 24.6. The Balaban J connectivity index is 1.82. The molecule has 0 bridgehead atoms. The lowest BCUT2D eigenvalue weighted by molar-refractivity contribution is 0.102. The summed E-state index contributed by atoms with van der Waals surface area (Å²) in [6, 6.07) is 8.36. The SMILES string of the molecule is CCN(CC)S(=O)(=O)c1cc(C)c(C)c(NC(=O)c2cc(-c3ccco3)nc3c2c(C)nn3C)c1. The van der Waals surface area contributed by atoms with Crippen LogP contribution in [0.2, 0.25) is 0 Å². The third-order valence-corrected chi connectivity index (χ3v) is 8.25. The number of benzene rings is 1. The van der Waals surface area contributed by atoms with Crippen LogP contribution >= 0.6 is 0 Å². The second kappa shape index (κ2) is 9.27. The Morgan fingerprint density at radius 1 is 1.14 bits per heavy atom. The molecule has 10 heteroatoms. The van der Waals surface area contributed by atoms with Crippen LogP contribution < -0.4 is 5.32 Å². The Kier molecular flexibility index (Phi) is 6.52. The number of rotatable bonds is 7. The zero-order valence-electron chi connectivity index (χ0n) is 20.7. The normalized spacial score (nSPS) is 12.0. The first-order chi connectivity index (χ1) is 16.6. The summed E-state index contributed by atoms with van der Waals surface area (Å²) in [4.78, 5) is 18.4. The average Bonchev–Trinajstić information content (AvgIpc) is 3.45. The van der Waals surface area contributed by atoms with Crippen molar-refractivity contribution in [3.63, 3.8) is 0 Å². The van der Waals surface area contributed by atoms with E-state index in [4.69, 9.17) is 4.42 Å². The van der Waals surface area contributed by atoms with E-state index in [0.29, 0.717) is 52.5 Å². The van der Waals surface area contributed by atoms with Crippen molar-refractivity contribution >= 4 is 32.7 Å². The minimum Gasteiger partial charge on any atom is -0.463 e. The summed E-state index contributed by atoms with van der Waals surface area (Å²) in [6.07, 6.45) is 1.55. The van der Waals surface area contributed by atoms with Gasteiger partial charge in [-0.25, -0.2) is 13.4 Å². The summed E-state index contributed by atoms with van der Waals surface area (Å²) < 4.78 is 34.8. The van der Waals surface area contributed by atoms with E-state index in [9.17, 15) is 13.2 Å². The van der Waals surface area contributed by atoms with Crippen LogP contribution in [0.5, 0.6) is 0 Å². The summed E-state index contributed by atoms with van der Waals surface area (Å²) in [5.41, 5.74) is 4.08. The Morgan fingerprint density at radius 2 is 1.86 bits per heavy atom. The lowest BCUT2D eigenvalue weighted by Crippen LogP contribution is -2.30. The second-order valence-electron chi connectivity index (χ2n) is 8.40. The number of aryl methyl sites for hydroxylation is 3. The molecular formula is C25H29N5O4S. The van der Waals surface area contributed by atoms with E-state index < -0.39 is 10.0 Å². The van der Waals surface area contributed by atoms with Crippen LogP contribution in [0.25, 0.3) is 22.5 Å². The molecule has 3 heterocycles. The van der Waals surface area contributed by atoms with E-state index in [-0.39, 0.29) is 10.8 Å². The van der Waals surface area contributed by atoms with E-state index in [1.807, 2.05) is 20.8 Å². The molecule has 4 rings (SSSR count). The highest BCUT2D eigenvalue weighted by molar-refractivity contribution is 7.89. The van der Waals surface area contributed by atoms with Crippen molar-refractivity contribution in [2.24, 2.45) is 7.05 Å². The van der Waals surface area contributed by atoms with E-state index in [1.54, 1.807) is 56.1 Å². The topological polar surface area (TPSA) is 110 Å². The highest BCUT2D eigenvalue weighted by Gasteiger charge is 2.25. The number of nitrogens with zero attached hydrogens (tertiary/aromatic N) is 4. The molecule has 0 saturated carbocycles. The summed E-state index contributed by atoms with van der Waals surface area (Å²) in [7, 11) is -1.92. The number of hydrogen-bond acceptors (Lipinski definition) is 6. The number of fused-ring (bicyclic) bond motifs is 1. The molecule has 0 aliphatic heterocycles. The summed E-state index contributed by atoms with van der Waals surface area (Å²) in [5, 5.41) is 8.00. The molecule has 1 aromatic carbocycles. The van der Waals surface area contributed by atoms with Crippen LogP contribution in [0.4, 0.5) is 5.69 Å². The fraction of sp³-hybridized carbons (Fsp3) is 0.320. The quantitative estimate of drug-likeness (QED) is 0.406. The molecule has 0 radical (unpaired) electrons. The summed E-state index contributed by atoms with van der Waals surface area (Å²) >= 11 is 0. The lowest BCUT2D eigenvalue weighted by Gasteiger charge is -2.20. The molecule has 4 aromatic rings. The molecule has 1 N–H and O–H groups in total. The molecule has 0 spiro atoms.